The quantitative estimate of drug-likeness (QED) is 0.872. The van der Waals surface area contributed by atoms with Crippen LogP contribution in [-0.2, 0) is 10.0 Å². The number of nitrogens with two attached hydrogens (primary N) is 1. The number of rotatable bonds is 3. The van der Waals surface area contributed by atoms with Crippen molar-refractivity contribution in [1.29, 1.82) is 0 Å². The van der Waals surface area contributed by atoms with Crippen LogP contribution in [-0.4, -0.2) is 25.8 Å². The smallest absolute Gasteiger partial charge is 0.243 e. The maximum absolute atomic E-state index is 12.8. The maximum Gasteiger partial charge on any atom is 0.243 e. The van der Waals surface area contributed by atoms with Crippen molar-refractivity contribution < 1.29 is 8.42 Å². The van der Waals surface area contributed by atoms with Crippen LogP contribution in [0.15, 0.2) is 23.1 Å². The van der Waals surface area contributed by atoms with E-state index in [1.54, 1.807) is 29.6 Å². The molecule has 0 amide bonds. The van der Waals surface area contributed by atoms with E-state index in [0.717, 1.165) is 31.2 Å². The third kappa shape index (κ3) is 2.99. The van der Waals surface area contributed by atoms with Gasteiger partial charge in [0.15, 0.2) is 0 Å². The second-order valence-electron chi connectivity index (χ2n) is 5.96. The van der Waals surface area contributed by atoms with Gasteiger partial charge in [0.2, 0.25) is 10.0 Å². The number of nitrogens with zero attached hydrogens (tertiary/aromatic N) is 1. The Kier molecular flexibility index (Phi) is 4.39. The number of hydrogen-bond acceptors (Lipinski definition) is 3. The Labute approximate surface area is 122 Å². The number of benzene rings is 1. The second-order valence-corrected chi connectivity index (χ2v) is 7.93. The van der Waals surface area contributed by atoms with Crippen molar-refractivity contribution in [1.82, 2.24) is 4.31 Å². The standard InChI is InChI=1S/C15H24N2O2S/c1-11-4-8-14(9-5-11)17(3)20(18,19)15-10-13(16)7-6-12(15)2/h6-7,10-11,14H,4-5,8-9,16H2,1-3H3. The van der Waals surface area contributed by atoms with Crippen LogP contribution in [0.25, 0.3) is 0 Å². The minimum atomic E-state index is -3.46. The molecule has 1 aliphatic rings. The van der Waals surface area contributed by atoms with Crippen molar-refractivity contribution in [3.8, 4) is 0 Å². The zero-order chi connectivity index (χ0) is 14.9. The second kappa shape index (κ2) is 5.74. The van der Waals surface area contributed by atoms with Crippen LogP contribution in [0, 0.1) is 12.8 Å². The molecule has 1 aromatic rings. The van der Waals surface area contributed by atoms with Crippen LogP contribution >= 0.6 is 0 Å². The van der Waals surface area contributed by atoms with E-state index in [1.807, 2.05) is 6.92 Å². The van der Waals surface area contributed by atoms with Crippen LogP contribution in [0.1, 0.15) is 38.2 Å². The molecule has 112 valence electrons. The molecule has 5 heteroatoms. The summed E-state index contributed by atoms with van der Waals surface area (Å²) in [6, 6.07) is 5.17. The van der Waals surface area contributed by atoms with Gasteiger partial charge in [-0.25, -0.2) is 8.42 Å². The number of anilines is 1. The summed E-state index contributed by atoms with van der Waals surface area (Å²) in [5.41, 5.74) is 6.97. The summed E-state index contributed by atoms with van der Waals surface area (Å²) in [5, 5.41) is 0. The molecular formula is C15H24N2O2S. The molecule has 1 saturated carbocycles. The van der Waals surface area contributed by atoms with E-state index in [-0.39, 0.29) is 6.04 Å². The minimum Gasteiger partial charge on any atom is -0.399 e. The molecule has 0 aromatic heterocycles. The highest BCUT2D eigenvalue weighted by Crippen LogP contribution is 2.30. The number of sulfonamides is 1. The van der Waals surface area contributed by atoms with E-state index in [0.29, 0.717) is 16.5 Å². The predicted octanol–water partition coefficient (Wildman–Crippen LogP) is 2.78. The van der Waals surface area contributed by atoms with Crippen molar-refractivity contribution >= 4 is 15.7 Å². The van der Waals surface area contributed by atoms with Crippen molar-refractivity contribution in [2.75, 3.05) is 12.8 Å². The molecule has 2 N–H and O–H groups in total. The largest absolute Gasteiger partial charge is 0.399 e. The highest BCUT2D eigenvalue weighted by Gasteiger charge is 2.31. The molecule has 1 fully saturated rings. The van der Waals surface area contributed by atoms with Crippen molar-refractivity contribution in [2.45, 2.75) is 50.5 Å². The first-order valence-electron chi connectivity index (χ1n) is 7.16. The topological polar surface area (TPSA) is 63.4 Å². The SMILES string of the molecule is Cc1ccc(N)cc1S(=O)(=O)N(C)C1CCC(C)CC1. The van der Waals surface area contributed by atoms with Crippen molar-refractivity contribution in [2.24, 2.45) is 5.92 Å². The van der Waals surface area contributed by atoms with E-state index < -0.39 is 10.0 Å². The van der Waals surface area contributed by atoms with E-state index >= 15 is 0 Å². The summed E-state index contributed by atoms with van der Waals surface area (Å²) < 4.78 is 27.1. The molecule has 0 heterocycles. The normalized spacial score (nSPS) is 24.0. The Morgan fingerprint density at radius 2 is 1.80 bits per heavy atom. The van der Waals surface area contributed by atoms with Crippen LogP contribution in [0.4, 0.5) is 5.69 Å². The van der Waals surface area contributed by atoms with Crippen LogP contribution in [0.5, 0.6) is 0 Å². The van der Waals surface area contributed by atoms with Gasteiger partial charge in [-0.05, 0) is 56.2 Å². The first kappa shape index (κ1) is 15.3. The fourth-order valence-corrected chi connectivity index (χ4v) is 4.53. The molecule has 1 aliphatic carbocycles. The average Bonchev–Trinajstić information content (AvgIpc) is 2.41. The average molecular weight is 296 g/mol. The van der Waals surface area contributed by atoms with Crippen LogP contribution < -0.4 is 5.73 Å². The van der Waals surface area contributed by atoms with Gasteiger partial charge in [0.05, 0.1) is 4.90 Å². The Morgan fingerprint density at radius 1 is 1.20 bits per heavy atom. The van der Waals surface area contributed by atoms with E-state index in [4.69, 9.17) is 5.73 Å². The summed E-state index contributed by atoms with van der Waals surface area (Å²) in [5.74, 6) is 0.705. The third-order valence-electron chi connectivity index (χ3n) is 4.37. The van der Waals surface area contributed by atoms with E-state index in [1.165, 1.54) is 0 Å². The Hall–Kier alpha value is -1.07. The number of hydrogen-bond donors (Lipinski definition) is 1. The molecule has 1 aromatic carbocycles. The summed E-state index contributed by atoms with van der Waals surface area (Å²) >= 11 is 0. The van der Waals surface area contributed by atoms with Gasteiger partial charge in [0.1, 0.15) is 0 Å². The van der Waals surface area contributed by atoms with Gasteiger partial charge in [0.25, 0.3) is 0 Å². The van der Waals surface area contributed by atoms with Gasteiger partial charge in [-0.2, -0.15) is 4.31 Å². The highest BCUT2D eigenvalue weighted by molar-refractivity contribution is 7.89. The molecule has 2 rings (SSSR count). The maximum atomic E-state index is 12.8. The summed E-state index contributed by atoms with van der Waals surface area (Å²) in [6.07, 6.45) is 4.08. The lowest BCUT2D eigenvalue weighted by Crippen LogP contribution is -2.39. The highest BCUT2D eigenvalue weighted by atomic mass is 32.2. The first-order chi connectivity index (χ1) is 9.32. The molecule has 20 heavy (non-hydrogen) atoms. The van der Waals surface area contributed by atoms with Gasteiger partial charge >= 0.3 is 0 Å². The van der Waals surface area contributed by atoms with Crippen LogP contribution in [0.3, 0.4) is 0 Å². The summed E-state index contributed by atoms with van der Waals surface area (Å²) in [6.45, 7) is 4.04. The lowest BCUT2D eigenvalue weighted by Gasteiger charge is -2.33. The van der Waals surface area contributed by atoms with E-state index in [9.17, 15) is 8.42 Å². The van der Waals surface area contributed by atoms with Gasteiger partial charge < -0.3 is 5.73 Å². The zero-order valence-corrected chi connectivity index (χ0v) is 13.3. The van der Waals surface area contributed by atoms with Gasteiger partial charge in [0, 0.05) is 18.8 Å². The molecule has 0 atom stereocenters. The zero-order valence-electron chi connectivity index (χ0n) is 12.5. The van der Waals surface area contributed by atoms with Crippen molar-refractivity contribution in [3.05, 3.63) is 23.8 Å². The van der Waals surface area contributed by atoms with Crippen LogP contribution in [0.2, 0.25) is 0 Å². The van der Waals surface area contributed by atoms with Gasteiger partial charge in [-0.3, -0.25) is 0 Å². The molecule has 0 bridgehead atoms. The lowest BCUT2D eigenvalue weighted by atomic mass is 9.87. The fourth-order valence-electron chi connectivity index (χ4n) is 2.85. The molecule has 0 unspecified atom stereocenters. The minimum absolute atomic E-state index is 0.108. The number of nitrogen functional groups attached to an aromatic ring is 1. The monoisotopic (exact) mass is 296 g/mol. The van der Waals surface area contributed by atoms with E-state index in [2.05, 4.69) is 6.92 Å². The molecule has 0 radical (unpaired) electrons. The fraction of sp³-hybridized carbons (Fsp3) is 0.600. The Bertz CT molecular complexity index is 576. The summed E-state index contributed by atoms with van der Waals surface area (Å²) in [7, 11) is -1.76. The first-order valence-corrected chi connectivity index (χ1v) is 8.60. The molecule has 0 spiro atoms. The Morgan fingerprint density at radius 3 is 2.40 bits per heavy atom. The number of aryl methyl sites for hydroxylation is 1. The lowest BCUT2D eigenvalue weighted by molar-refractivity contribution is 0.246. The molecular weight excluding hydrogens is 272 g/mol. The molecule has 0 aliphatic heterocycles. The Balaban J connectivity index is 2.27. The summed E-state index contributed by atoms with van der Waals surface area (Å²) in [4.78, 5) is 0.332. The molecule has 4 nitrogen and oxygen atoms in total. The van der Waals surface area contributed by atoms with Gasteiger partial charge in [-0.1, -0.05) is 13.0 Å². The third-order valence-corrected chi connectivity index (χ3v) is 6.42. The molecule has 0 saturated heterocycles. The van der Waals surface area contributed by atoms with Gasteiger partial charge in [-0.15, -0.1) is 0 Å². The predicted molar refractivity (Wildman–Crippen MR) is 82.0 cm³/mol. The van der Waals surface area contributed by atoms with Crippen molar-refractivity contribution in [3.63, 3.8) is 0 Å².